The maximum atomic E-state index is 5.26. The first-order valence-electron chi connectivity index (χ1n) is 12.4. The third-order valence-electron chi connectivity index (χ3n) is 6.67. The lowest BCUT2D eigenvalue weighted by Crippen LogP contribution is -2.35. The number of hydrogen-bond acceptors (Lipinski definition) is 4. The van der Waals surface area contributed by atoms with E-state index in [0.717, 1.165) is 28.6 Å². The topological polar surface area (TPSA) is 59.8 Å². The first kappa shape index (κ1) is 23.7. The summed E-state index contributed by atoms with van der Waals surface area (Å²) in [6.07, 6.45) is 3.27. The minimum Gasteiger partial charge on any atom is -0.221 e. The Morgan fingerprint density at radius 2 is 1.11 bits per heavy atom. The van der Waals surface area contributed by atoms with Gasteiger partial charge in [0.15, 0.2) is 10.3 Å². The van der Waals surface area contributed by atoms with Gasteiger partial charge in [-0.3, -0.25) is 0 Å². The fourth-order valence-electron chi connectivity index (χ4n) is 4.78. The summed E-state index contributed by atoms with van der Waals surface area (Å²) in [6, 6.07) is 21.8. The van der Waals surface area contributed by atoms with Crippen LogP contribution >= 0.6 is 0 Å². The fraction of sp³-hybridized carbons (Fsp3) is 0.267. The predicted molar refractivity (Wildman–Crippen MR) is 138 cm³/mol. The highest BCUT2D eigenvalue weighted by Crippen LogP contribution is 2.40. The van der Waals surface area contributed by atoms with Crippen molar-refractivity contribution in [3.63, 3.8) is 0 Å². The first-order chi connectivity index (χ1) is 17.3. The predicted octanol–water partition coefficient (Wildman–Crippen LogP) is 6.41. The van der Waals surface area contributed by atoms with E-state index in [1.165, 1.54) is 27.8 Å². The molecule has 0 amide bonds. The van der Waals surface area contributed by atoms with Crippen LogP contribution in [-0.2, 0) is 0 Å². The fourth-order valence-corrected chi connectivity index (χ4v) is 4.78. The molecule has 5 aromatic rings. The molecule has 36 heavy (non-hydrogen) atoms. The molecule has 0 radical (unpaired) electrons. The Bertz CT molecular complexity index is 1430. The maximum Gasteiger partial charge on any atom is 0.350 e. The lowest BCUT2D eigenvalue weighted by molar-refractivity contribution is -0.614. The lowest BCUT2D eigenvalue weighted by Gasteiger charge is -2.22. The lowest BCUT2D eigenvalue weighted by atomic mass is 9.82. The molecule has 2 aromatic heterocycles. The van der Waals surface area contributed by atoms with Crippen LogP contribution in [0, 0.1) is 13.8 Å². The van der Waals surface area contributed by atoms with Gasteiger partial charge in [0.1, 0.15) is 11.4 Å². The largest absolute Gasteiger partial charge is 0.350 e. The minimum absolute atomic E-state index is 0.336. The van der Waals surface area contributed by atoms with E-state index in [4.69, 9.17) is 9.05 Å². The number of hydrogen-bond donors (Lipinski definition) is 0. The molecule has 0 unspecified atom stereocenters. The normalized spacial score (nSPS) is 11.6. The molecule has 0 aliphatic heterocycles. The Morgan fingerprint density at radius 1 is 0.611 bits per heavy atom. The van der Waals surface area contributed by atoms with Crippen molar-refractivity contribution < 1.29 is 18.2 Å². The molecule has 0 aliphatic rings. The van der Waals surface area contributed by atoms with E-state index in [1.807, 2.05) is 23.0 Å². The van der Waals surface area contributed by atoms with Crippen LogP contribution in [0.1, 0.15) is 62.3 Å². The number of rotatable bonds is 6. The molecule has 0 bridgehead atoms. The zero-order valence-corrected chi connectivity index (χ0v) is 21.7. The van der Waals surface area contributed by atoms with Crippen molar-refractivity contribution in [2.75, 3.05) is 0 Å². The van der Waals surface area contributed by atoms with E-state index in [1.54, 1.807) is 12.8 Å². The monoisotopic (exact) mass is 480 g/mol. The minimum atomic E-state index is 0.336. The molecule has 0 fully saturated rings. The summed E-state index contributed by atoms with van der Waals surface area (Å²) in [7, 11) is 0. The van der Waals surface area contributed by atoms with E-state index in [-0.39, 0.29) is 0 Å². The molecule has 2 heterocycles. The summed E-state index contributed by atoms with van der Waals surface area (Å²) in [6.45, 7) is 12.9. The van der Waals surface area contributed by atoms with Gasteiger partial charge in [0.05, 0.1) is 0 Å². The van der Waals surface area contributed by atoms with Crippen LogP contribution in [0.25, 0.3) is 33.6 Å². The number of nitrogens with zero attached hydrogens (tertiary/aromatic N) is 4. The van der Waals surface area contributed by atoms with Crippen LogP contribution in [-0.4, -0.2) is 10.3 Å². The Kier molecular flexibility index (Phi) is 6.27. The zero-order valence-electron chi connectivity index (χ0n) is 21.7. The SMILES string of the molecule is Cc1noc[n+]1-c1cc(-c2c(C(C)C)cc(-c3ccccc3)cc2C(C)C)cc(-[n+]2conc2C)c1. The van der Waals surface area contributed by atoms with Gasteiger partial charge in [-0.15, -0.1) is 0 Å². The molecule has 0 atom stereocenters. The van der Waals surface area contributed by atoms with E-state index in [0.29, 0.717) is 11.8 Å². The van der Waals surface area contributed by atoms with Gasteiger partial charge in [-0.05, 0) is 57.3 Å². The Labute approximate surface area is 211 Å². The van der Waals surface area contributed by atoms with Gasteiger partial charge in [-0.1, -0.05) is 70.2 Å². The van der Waals surface area contributed by atoms with Crippen LogP contribution in [0.3, 0.4) is 0 Å². The molecule has 0 N–H and O–H groups in total. The van der Waals surface area contributed by atoms with Gasteiger partial charge in [0, 0.05) is 19.9 Å². The van der Waals surface area contributed by atoms with Crippen LogP contribution in [0.2, 0.25) is 0 Å². The summed E-state index contributed by atoms with van der Waals surface area (Å²) < 4.78 is 14.4. The highest BCUT2D eigenvalue weighted by Gasteiger charge is 2.24. The average molecular weight is 481 g/mol. The Balaban J connectivity index is 1.81. The molecule has 5 rings (SSSR count). The molecule has 0 saturated heterocycles. The van der Waals surface area contributed by atoms with Gasteiger partial charge < -0.3 is 0 Å². The van der Waals surface area contributed by atoms with Gasteiger partial charge in [0.25, 0.3) is 0 Å². The van der Waals surface area contributed by atoms with Gasteiger partial charge >= 0.3 is 24.4 Å². The van der Waals surface area contributed by atoms with Crippen molar-refractivity contribution in [1.29, 1.82) is 0 Å². The Morgan fingerprint density at radius 3 is 1.53 bits per heavy atom. The van der Waals surface area contributed by atoms with E-state index >= 15 is 0 Å². The highest BCUT2D eigenvalue weighted by molar-refractivity contribution is 5.79. The third-order valence-corrected chi connectivity index (χ3v) is 6.67. The van der Waals surface area contributed by atoms with Crippen LogP contribution in [0.15, 0.2) is 82.5 Å². The second-order valence-corrected chi connectivity index (χ2v) is 9.88. The average Bonchev–Trinajstić information content (AvgIpc) is 3.51. The van der Waals surface area contributed by atoms with Crippen molar-refractivity contribution in [3.05, 3.63) is 96.2 Å². The van der Waals surface area contributed by atoms with Crippen molar-refractivity contribution in [2.24, 2.45) is 0 Å². The summed E-state index contributed by atoms with van der Waals surface area (Å²) in [5, 5.41) is 8.18. The standard InChI is InChI=1S/C30H32N4O2/c1-19(2)28-14-24(23-10-8-7-9-11-23)15-29(20(3)4)30(28)25-12-26(33-17-35-31-21(33)5)16-27(13-25)34-18-36-32-22(34)6/h7-20H,1-6H3/q+2. The molecular weight excluding hydrogens is 448 g/mol. The van der Waals surface area contributed by atoms with Crippen LogP contribution in [0.5, 0.6) is 0 Å². The molecule has 3 aromatic carbocycles. The van der Waals surface area contributed by atoms with Crippen molar-refractivity contribution in [2.45, 2.75) is 53.4 Å². The van der Waals surface area contributed by atoms with Crippen molar-refractivity contribution >= 4 is 0 Å². The van der Waals surface area contributed by atoms with Gasteiger partial charge in [-0.2, -0.15) is 9.13 Å². The van der Waals surface area contributed by atoms with E-state index in [2.05, 4.69) is 98.7 Å². The molecule has 0 spiro atoms. The Hall–Kier alpha value is -4.06. The van der Waals surface area contributed by atoms with E-state index < -0.39 is 0 Å². The van der Waals surface area contributed by atoms with Gasteiger partial charge in [0.2, 0.25) is 0 Å². The summed E-state index contributed by atoms with van der Waals surface area (Å²) in [4.78, 5) is 0. The molecule has 6 heteroatoms. The van der Waals surface area contributed by atoms with E-state index in [9.17, 15) is 0 Å². The zero-order chi connectivity index (χ0) is 25.4. The second-order valence-electron chi connectivity index (χ2n) is 9.88. The molecule has 182 valence electrons. The van der Waals surface area contributed by atoms with Crippen molar-refractivity contribution in [1.82, 2.24) is 10.3 Å². The van der Waals surface area contributed by atoms with Crippen LogP contribution < -0.4 is 9.13 Å². The molecule has 0 aliphatic carbocycles. The number of benzene rings is 3. The number of aromatic nitrogens is 4. The summed E-state index contributed by atoms with van der Waals surface area (Å²) >= 11 is 0. The third kappa shape index (κ3) is 4.35. The number of aryl methyl sites for hydroxylation is 2. The molecule has 6 nitrogen and oxygen atoms in total. The van der Waals surface area contributed by atoms with Gasteiger partial charge in [-0.25, -0.2) is 9.05 Å². The summed E-state index contributed by atoms with van der Waals surface area (Å²) in [5.41, 5.74) is 9.45. The maximum absolute atomic E-state index is 5.26. The quantitative estimate of drug-likeness (QED) is 0.263. The molecular formula is C30H32N4O2+2. The first-order valence-corrected chi connectivity index (χ1v) is 12.4. The smallest absolute Gasteiger partial charge is 0.221 e. The molecule has 0 saturated carbocycles. The summed E-state index contributed by atoms with van der Waals surface area (Å²) in [5.74, 6) is 2.22. The second kappa shape index (κ2) is 9.53. The van der Waals surface area contributed by atoms with Crippen molar-refractivity contribution in [3.8, 4) is 33.6 Å². The highest BCUT2D eigenvalue weighted by atomic mass is 16.5. The van der Waals surface area contributed by atoms with Crippen LogP contribution in [0.4, 0.5) is 0 Å².